The molecule has 1 aromatic heterocycles. The summed E-state index contributed by atoms with van der Waals surface area (Å²) in [6.07, 6.45) is 3.52. The first kappa shape index (κ1) is 7.73. The third kappa shape index (κ3) is 1.57. The first-order valence-corrected chi connectivity index (χ1v) is 4.67. The predicted molar refractivity (Wildman–Crippen MR) is 45.5 cm³/mol. The molecule has 0 atom stereocenters. The highest BCUT2D eigenvalue weighted by Crippen LogP contribution is 2.15. The van der Waals surface area contributed by atoms with Crippen LogP contribution in [0.1, 0.15) is 30.8 Å². The molecule has 0 aliphatic heterocycles. The zero-order valence-electron chi connectivity index (χ0n) is 6.55. The Labute approximate surface area is 66.1 Å². The van der Waals surface area contributed by atoms with E-state index in [0.717, 1.165) is 6.42 Å². The summed E-state index contributed by atoms with van der Waals surface area (Å²) in [4.78, 5) is 5.75. The van der Waals surface area contributed by atoms with Crippen LogP contribution in [-0.4, -0.2) is 4.98 Å². The normalized spacial score (nSPS) is 10.2. The van der Waals surface area contributed by atoms with Gasteiger partial charge in [0.1, 0.15) is 0 Å². The molecule has 10 heavy (non-hydrogen) atoms. The Bertz CT molecular complexity index is 193. The van der Waals surface area contributed by atoms with E-state index in [0.29, 0.717) is 0 Å². The molecule has 56 valence electrons. The Hall–Kier alpha value is -0.370. The molecule has 1 rings (SSSR count). The zero-order chi connectivity index (χ0) is 7.40. The molecule has 0 radical (unpaired) electrons. The summed E-state index contributed by atoms with van der Waals surface area (Å²) in [5.41, 5.74) is 3.25. The van der Waals surface area contributed by atoms with Crippen LogP contribution in [0.15, 0.2) is 5.51 Å². The fourth-order valence-electron chi connectivity index (χ4n) is 1.01. The van der Waals surface area contributed by atoms with Gasteiger partial charge in [-0.1, -0.05) is 20.3 Å². The van der Waals surface area contributed by atoms with Gasteiger partial charge in [0.2, 0.25) is 0 Å². The molecule has 0 aliphatic rings. The molecule has 0 N–H and O–H groups in total. The lowest BCUT2D eigenvalue weighted by molar-refractivity contribution is 0.905. The summed E-state index contributed by atoms with van der Waals surface area (Å²) in [5.74, 6) is 0. The Balaban J connectivity index is 2.70. The van der Waals surface area contributed by atoms with Crippen LogP contribution in [0, 0.1) is 0 Å². The highest BCUT2D eigenvalue weighted by Gasteiger charge is 2.00. The van der Waals surface area contributed by atoms with E-state index in [9.17, 15) is 0 Å². The topological polar surface area (TPSA) is 12.9 Å². The molecule has 0 aromatic carbocycles. The number of aryl methyl sites for hydroxylation is 2. The van der Waals surface area contributed by atoms with E-state index in [-0.39, 0.29) is 0 Å². The quantitative estimate of drug-likeness (QED) is 0.654. The maximum Gasteiger partial charge on any atom is 0.0797 e. The van der Waals surface area contributed by atoms with Crippen LogP contribution in [0.4, 0.5) is 0 Å². The lowest BCUT2D eigenvalue weighted by Gasteiger charge is -1.94. The SMILES string of the molecule is CCCc1scnc1CC. The number of hydrogen-bond acceptors (Lipinski definition) is 2. The molecule has 0 amide bonds. The van der Waals surface area contributed by atoms with Gasteiger partial charge in [0, 0.05) is 4.88 Å². The zero-order valence-corrected chi connectivity index (χ0v) is 7.37. The summed E-state index contributed by atoms with van der Waals surface area (Å²) < 4.78 is 0. The first-order valence-electron chi connectivity index (χ1n) is 3.79. The summed E-state index contributed by atoms with van der Waals surface area (Å²) in [6.45, 7) is 4.37. The second-order valence-corrected chi connectivity index (χ2v) is 3.27. The van der Waals surface area contributed by atoms with E-state index in [4.69, 9.17) is 0 Å². The van der Waals surface area contributed by atoms with Crippen molar-refractivity contribution in [3.8, 4) is 0 Å². The number of nitrogens with zero attached hydrogens (tertiary/aromatic N) is 1. The van der Waals surface area contributed by atoms with Crippen LogP contribution in [0.25, 0.3) is 0 Å². The second-order valence-electron chi connectivity index (χ2n) is 2.33. The van der Waals surface area contributed by atoms with Gasteiger partial charge >= 0.3 is 0 Å². The number of hydrogen-bond donors (Lipinski definition) is 0. The maximum atomic E-state index is 4.27. The van der Waals surface area contributed by atoms with Crippen molar-refractivity contribution in [1.29, 1.82) is 0 Å². The van der Waals surface area contributed by atoms with Gasteiger partial charge in [0.05, 0.1) is 11.2 Å². The third-order valence-electron chi connectivity index (χ3n) is 1.54. The van der Waals surface area contributed by atoms with Crippen molar-refractivity contribution in [3.05, 3.63) is 16.1 Å². The Morgan fingerprint density at radius 3 is 2.90 bits per heavy atom. The summed E-state index contributed by atoms with van der Waals surface area (Å²) in [7, 11) is 0. The smallest absolute Gasteiger partial charge is 0.0797 e. The van der Waals surface area contributed by atoms with Crippen LogP contribution in [0.5, 0.6) is 0 Å². The minimum Gasteiger partial charge on any atom is -0.249 e. The van der Waals surface area contributed by atoms with Crippen LogP contribution < -0.4 is 0 Å². The summed E-state index contributed by atoms with van der Waals surface area (Å²) >= 11 is 1.79. The molecule has 0 unspecified atom stereocenters. The van der Waals surface area contributed by atoms with Gasteiger partial charge in [-0.25, -0.2) is 4.98 Å². The largest absolute Gasteiger partial charge is 0.249 e. The molecule has 0 spiro atoms. The molecule has 1 aromatic rings. The van der Waals surface area contributed by atoms with Gasteiger partial charge in [-0.15, -0.1) is 11.3 Å². The monoisotopic (exact) mass is 155 g/mol. The number of aromatic nitrogens is 1. The van der Waals surface area contributed by atoms with Crippen LogP contribution in [0.3, 0.4) is 0 Å². The van der Waals surface area contributed by atoms with Crippen molar-refractivity contribution in [2.45, 2.75) is 33.1 Å². The van der Waals surface area contributed by atoms with Crippen molar-refractivity contribution < 1.29 is 0 Å². The van der Waals surface area contributed by atoms with Crippen molar-refractivity contribution in [3.63, 3.8) is 0 Å². The maximum absolute atomic E-state index is 4.27. The lowest BCUT2D eigenvalue weighted by Crippen LogP contribution is -1.86. The van der Waals surface area contributed by atoms with Gasteiger partial charge in [0.25, 0.3) is 0 Å². The Morgan fingerprint density at radius 1 is 1.50 bits per heavy atom. The van der Waals surface area contributed by atoms with E-state index >= 15 is 0 Å². The predicted octanol–water partition coefficient (Wildman–Crippen LogP) is 2.66. The molecule has 0 fully saturated rings. The van der Waals surface area contributed by atoms with E-state index in [2.05, 4.69) is 18.8 Å². The van der Waals surface area contributed by atoms with E-state index in [1.54, 1.807) is 11.3 Å². The molecule has 0 saturated heterocycles. The Kier molecular flexibility index (Phi) is 2.87. The molecule has 1 nitrogen and oxygen atoms in total. The van der Waals surface area contributed by atoms with Crippen molar-refractivity contribution in [2.24, 2.45) is 0 Å². The van der Waals surface area contributed by atoms with E-state index in [1.165, 1.54) is 23.4 Å². The van der Waals surface area contributed by atoms with Crippen molar-refractivity contribution >= 4 is 11.3 Å². The molecule has 0 bridgehead atoms. The molecular formula is C8H13NS. The van der Waals surface area contributed by atoms with Crippen LogP contribution in [0.2, 0.25) is 0 Å². The average Bonchev–Trinajstić information content (AvgIpc) is 2.36. The molecule has 2 heteroatoms. The van der Waals surface area contributed by atoms with Gasteiger partial charge in [0.15, 0.2) is 0 Å². The molecular weight excluding hydrogens is 142 g/mol. The molecule has 0 saturated carbocycles. The molecule has 0 aliphatic carbocycles. The number of rotatable bonds is 3. The minimum absolute atomic E-state index is 1.08. The first-order chi connectivity index (χ1) is 4.88. The third-order valence-corrected chi connectivity index (χ3v) is 2.47. The number of thiazole rings is 1. The molecule has 1 heterocycles. The van der Waals surface area contributed by atoms with Crippen molar-refractivity contribution in [2.75, 3.05) is 0 Å². The highest BCUT2D eigenvalue weighted by atomic mass is 32.1. The fraction of sp³-hybridized carbons (Fsp3) is 0.625. The lowest BCUT2D eigenvalue weighted by atomic mass is 10.2. The van der Waals surface area contributed by atoms with Crippen molar-refractivity contribution in [1.82, 2.24) is 4.98 Å². The van der Waals surface area contributed by atoms with Gasteiger partial charge in [-0.3, -0.25) is 0 Å². The Morgan fingerprint density at radius 2 is 2.30 bits per heavy atom. The summed E-state index contributed by atoms with van der Waals surface area (Å²) in [6, 6.07) is 0. The fourth-order valence-corrected chi connectivity index (χ4v) is 1.97. The van der Waals surface area contributed by atoms with Gasteiger partial charge in [-0.2, -0.15) is 0 Å². The van der Waals surface area contributed by atoms with E-state index < -0.39 is 0 Å². The summed E-state index contributed by atoms with van der Waals surface area (Å²) in [5, 5.41) is 0. The van der Waals surface area contributed by atoms with Crippen LogP contribution in [-0.2, 0) is 12.8 Å². The van der Waals surface area contributed by atoms with Crippen LogP contribution >= 0.6 is 11.3 Å². The van der Waals surface area contributed by atoms with E-state index in [1.807, 2.05) is 5.51 Å². The van der Waals surface area contributed by atoms with Gasteiger partial charge in [-0.05, 0) is 12.8 Å². The minimum atomic E-state index is 1.08. The average molecular weight is 155 g/mol. The van der Waals surface area contributed by atoms with Gasteiger partial charge < -0.3 is 0 Å². The highest BCUT2D eigenvalue weighted by molar-refractivity contribution is 7.09. The second kappa shape index (κ2) is 3.71. The standard InChI is InChI=1S/C8H13NS/c1-3-5-8-7(4-2)9-6-10-8/h6H,3-5H2,1-2H3.